The van der Waals surface area contributed by atoms with Crippen LogP contribution in [0.2, 0.25) is 0 Å². The number of ether oxygens (including phenoxy) is 2. The van der Waals surface area contributed by atoms with Gasteiger partial charge in [0.25, 0.3) is 0 Å². The lowest BCUT2D eigenvalue weighted by Gasteiger charge is -2.11. The van der Waals surface area contributed by atoms with Gasteiger partial charge in [-0.3, -0.25) is 4.79 Å². The van der Waals surface area contributed by atoms with Gasteiger partial charge >= 0.3 is 6.29 Å². The summed E-state index contributed by atoms with van der Waals surface area (Å²) in [5.74, 6) is -0.326. The number of nitriles is 1. The van der Waals surface area contributed by atoms with Crippen LogP contribution < -0.4 is 14.9 Å². The zero-order chi connectivity index (χ0) is 21.6. The van der Waals surface area contributed by atoms with E-state index in [9.17, 15) is 13.6 Å². The first-order chi connectivity index (χ1) is 14.9. The topological polar surface area (TPSA) is 95.0 Å². The van der Waals surface area contributed by atoms with Gasteiger partial charge in [-0.1, -0.05) is 12.1 Å². The van der Waals surface area contributed by atoms with Crippen LogP contribution in [0.5, 0.6) is 11.5 Å². The average Bonchev–Trinajstić information content (AvgIpc) is 3.37. The number of fused-ring (bicyclic) bond motifs is 1. The van der Waals surface area contributed by atoms with Crippen molar-refractivity contribution in [3.05, 3.63) is 82.8 Å². The Kier molecular flexibility index (Phi) is 4.04. The van der Waals surface area contributed by atoms with E-state index in [1.165, 1.54) is 46.0 Å². The maximum atomic E-state index is 13.5. The van der Waals surface area contributed by atoms with Gasteiger partial charge in [-0.15, -0.1) is 8.78 Å². The van der Waals surface area contributed by atoms with Crippen molar-refractivity contribution in [1.29, 1.82) is 5.26 Å². The summed E-state index contributed by atoms with van der Waals surface area (Å²) < 4.78 is 38.9. The summed E-state index contributed by atoms with van der Waals surface area (Å²) in [5.41, 5.74) is 1.16. The van der Waals surface area contributed by atoms with Crippen LogP contribution in [0.4, 0.5) is 8.78 Å². The molecule has 3 heterocycles. The Morgan fingerprint density at radius 1 is 1.06 bits per heavy atom. The quantitative estimate of drug-likeness (QED) is 0.506. The molecule has 0 atom stereocenters. The van der Waals surface area contributed by atoms with Crippen LogP contribution in [-0.2, 0) is 0 Å². The molecule has 31 heavy (non-hydrogen) atoms. The van der Waals surface area contributed by atoms with E-state index in [1.807, 2.05) is 0 Å². The average molecular weight is 419 g/mol. The number of hydrogen-bond donors (Lipinski definition) is 0. The SMILES string of the molecule is N#Cc1cccc(-n2nccc2-c2nn(-c3cccc4c3OC(F)(F)O4)ccc2=O)c1. The molecule has 0 fully saturated rings. The zero-order valence-corrected chi connectivity index (χ0v) is 15.6. The van der Waals surface area contributed by atoms with Crippen LogP contribution in [0.3, 0.4) is 0 Å². The summed E-state index contributed by atoms with van der Waals surface area (Å²) in [5, 5.41) is 17.7. The smallest absolute Gasteiger partial charge is 0.395 e. The highest BCUT2D eigenvalue weighted by Crippen LogP contribution is 2.44. The van der Waals surface area contributed by atoms with E-state index in [0.29, 0.717) is 16.9 Å². The lowest BCUT2D eigenvalue weighted by atomic mass is 10.2. The molecule has 2 aromatic carbocycles. The fraction of sp³-hybridized carbons (Fsp3) is 0.0476. The molecule has 1 aliphatic heterocycles. The molecule has 0 saturated heterocycles. The van der Waals surface area contributed by atoms with Gasteiger partial charge in [-0.25, -0.2) is 9.36 Å². The molecule has 0 spiro atoms. The van der Waals surface area contributed by atoms with E-state index in [-0.39, 0.29) is 22.9 Å². The molecule has 10 heteroatoms. The largest absolute Gasteiger partial charge is 0.586 e. The molecule has 2 aromatic heterocycles. The number of nitrogens with zero attached hydrogens (tertiary/aromatic N) is 5. The predicted octanol–water partition coefficient (Wildman–Crippen LogP) is 3.28. The number of alkyl halides is 2. The lowest BCUT2D eigenvalue weighted by molar-refractivity contribution is -0.286. The number of rotatable bonds is 3. The fourth-order valence-corrected chi connectivity index (χ4v) is 3.25. The van der Waals surface area contributed by atoms with E-state index in [2.05, 4.69) is 25.7 Å². The van der Waals surface area contributed by atoms with Crippen LogP contribution in [0, 0.1) is 11.3 Å². The molecular weight excluding hydrogens is 408 g/mol. The highest BCUT2D eigenvalue weighted by molar-refractivity contribution is 5.60. The maximum Gasteiger partial charge on any atom is 0.586 e. The molecule has 1 aliphatic rings. The number of aromatic nitrogens is 4. The second kappa shape index (κ2) is 6.77. The van der Waals surface area contributed by atoms with Crippen LogP contribution in [0.25, 0.3) is 22.8 Å². The van der Waals surface area contributed by atoms with E-state index >= 15 is 0 Å². The predicted molar refractivity (Wildman–Crippen MR) is 103 cm³/mol. The van der Waals surface area contributed by atoms with Crippen LogP contribution in [0.15, 0.2) is 71.8 Å². The molecule has 0 radical (unpaired) electrons. The van der Waals surface area contributed by atoms with Gasteiger partial charge in [0.15, 0.2) is 17.2 Å². The van der Waals surface area contributed by atoms with E-state index in [0.717, 1.165) is 0 Å². The summed E-state index contributed by atoms with van der Waals surface area (Å²) in [6.45, 7) is 0. The van der Waals surface area contributed by atoms with E-state index < -0.39 is 11.7 Å². The van der Waals surface area contributed by atoms with Crippen LogP contribution in [-0.4, -0.2) is 25.9 Å². The van der Waals surface area contributed by atoms with Gasteiger partial charge < -0.3 is 9.47 Å². The Bertz CT molecular complexity index is 1420. The van der Waals surface area contributed by atoms with Crippen molar-refractivity contribution in [2.45, 2.75) is 6.29 Å². The van der Waals surface area contributed by atoms with Crippen molar-refractivity contribution in [3.8, 4) is 40.3 Å². The van der Waals surface area contributed by atoms with Crippen molar-refractivity contribution in [1.82, 2.24) is 19.6 Å². The molecule has 152 valence electrons. The first-order valence-corrected chi connectivity index (χ1v) is 8.99. The second-order valence-corrected chi connectivity index (χ2v) is 6.54. The third kappa shape index (κ3) is 3.18. The minimum Gasteiger partial charge on any atom is -0.395 e. The molecular formula is C21H11F2N5O3. The van der Waals surface area contributed by atoms with E-state index in [4.69, 9.17) is 5.26 Å². The third-order valence-corrected chi connectivity index (χ3v) is 4.57. The van der Waals surface area contributed by atoms with Gasteiger partial charge in [-0.05, 0) is 36.4 Å². The van der Waals surface area contributed by atoms with Gasteiger partial charge in [-0.2, -0.15) is 15.5 Å². The maximum absolute atomic E-state index is 13.5. The summed E-state index contributed by atoms with van der Waals surface area (Å²) in [6.07, 6.45) is -0.951. The van der Waals surface area contributed by atoms with Gasteiger partial charge in [0, 0.05) is 12.3 Å². The first-order valence-electron chi connectivity index (χ1n) is 8.99. The molecule has 0 aliphatic carbocycles. The molecule has 0 N–H and O–H groups in total. The Morgan fingerprint density at radius 3 is 2.74 bits per heavy atom. The Balaban J connectivity index is 1.64. The Labute approximate surface area is 173 Å². The molecule has 0 bridgehead atoms. The van der Waals surface area contributed by atoms with Gasteiger partial charge in [0.2, 0.25) is 5.43 Å². The highest BCUT2D eigenvalue weighted by Gasteiger charge is 2.44. The van der Waals surface area contributed by atoms with Crippen molar-refractivity contribution in [2.24, 2.45) is 0 Å². The molecule has 0 amide bonds. The summed E-state index contributed by atoms with van der Waals surface area (Å²) >= 11 is 0. The number of benzene rings is 2. The van der Waals surface area contributed by atoms with Crippen molar-refractivity contribution < 1.29 is 18.3 Å². The minimum atomic E-state index is -3.79. The molecule has 0 saturated carbocycles. The standard InChI is InChI=1S/C21H11F2N5O3/c22-21(23)30-18-6-2-5-16(20(18)31-21)27-10-8-17(29)19(26-27)15-7-9-25-28(15)14-4-1-3-13(11-14)12-24/h1-11H. The van der Waals surface area contributed by atoms with Crippen LogP contribution in [0.1, 0.15) is 5.56 Å². The number of hydrogen-bond acceptors (Lipinski definition) is 6. The van der Waals surface area contributed by atoms with Gasteiger partial charge in [0.1, 0.15) is 5.69 Å². The van der Waals surface area contributed by atoms with Crippen LogP contribution >= 0.6 is 0 Å². The van der Waals surface area contributed by atoms with Crippen molar-refractivity contribution >= 4 is 0 Å². The lowest BCUT2D eigenvalue weighted by Crippen LogP contribution is -2.26. The Morgan fingerprint density at radius 2 is 1.90 bits per heavy atom. The van der Waals surface area contributed by atoms with Gasteiger partial charge in [0.05, 0.1) is 29.2 Å². The second-order valence-electron chi connectivity index (χ2n) is 6.54. The van der Waals surface area contributed by atoms with E-state index in [1.54, 1.807) is 30.3 Å². The van der Waals surface area contributed by atoms with Crippen molar-refractivity contribution in [2.75, 3.05) is 0 Å². The molecule has 8 nitrogen and oxygen atoms in total. The normalized spacial score (nSPS) is 13.7. The third-order valence-electron chi connectivity index (χ3n) is 4.57. The summed E-state index contributed by atoms with van der Waals surface area (Å²) in [7, 11) is 0. The number of halogens is 2. The summed E-state index contributed by atoms with van der Waals surface area (Å²) in [6, 6.07) is 16.0. The number of para-hydroxylation sites is 1. The fourth-order valence-electron chi connectivity index (χ4n) is 3.25. The highest BCUT2D eigenvalue weighted by atomic mass is 19.3. The monoisotopic (exact) mass is 419 g/mol. The minimum absolute atomic E-state index is 0.0330. The summed E-state index contributed by atoms with van der Waals surface area (Å²) in [4.78, 5) is 12.6. The molecule has 4 aromatic rings. The molecule has 0 unspecified atom stereocenters. The molecule has 5 rings (SSSR count). The first kappa shape index (κ1) is 18.5. The Hall–Kier alpha value is -4.52. The zero-order valence-electron chi connectivity index (χ0n) is 15.6. The van der Waals surface area contributed by atoms with Crippen molar-refractivity contribution in [3.63, 3.8) is 0 Å².